The van der Waals surface area contributed by atoms with Crippen molar-refractivity contribution in [3.05, 3.63) is 24.3 Å². The number of anilines is 1. The average Bonchev–Trinajstić information content (AvgIpc) is 2.61. The van der Waals surface area contributed by atoms with Gasteiger partial charge in [0.25, 0.3) is 5.91 Å². The molecule has 0 atom stereocenters. The molecule has 0 radical (unpaired) electrons. The normalized spacial score (nSPS) is 16.0. The first-order valence-electron chi connectivity index (χ1n) is 8.41. The number of nitrogens with zero attached hydrogens (tertiary/aromatic N) is 1. The van der Waals surface area contributed by atoms with E-state index in [0.717, 1.165) is 50.7 Å². The molecule has 0 bridgehead atoms. The number of methoxy groups -OCH3 is 1. The molecule has 6 nitrogen and oxygen atoms in total. The predicted molar refractivity (Wildman–Crippen MR) is 93.5 cm³/mol. The zero-order valence-corrected chi connectivity index (χ0v) is 14.8. The number of nitrogens with one attached hydrogen (secondary N) is 1. The second kappa shape index (κ2) is 9.01. The number of morpholine rings is 1. The van der Waals surface area contributed by atoms with Crippen molar-refractivity contribution in [1.29, 1.82) is 0 Å². The van der Waals surface area contributed by atoms with Gasteiger partial charge in [-0.2, -0.15) is 0 Å². The highest BCUT2D eigenvalue weighted by Crippen LogP contribution is 2.18. The van der Waals surface area contributed by atoms with Gasteiger partial charge in [-0.1, -0.05) is 0 Å². The maximum atomic E-state index is 12.0. The van der Waals surface area contributed by atoms with E-state index in [1.165, 1.54) is 7.11 Å². The molecule has 6 heteroatoms. The van der Waals surface area contributed by atoms with Crippen LogP contribution in [0.5, 0.6) is 5.75 Å². The number of hydrogen-bond donors (Lipinski definition) is 1. The molecule has 2 rings (SSSR count). The summed E-state index contributed by atoms with van der Waals surface area (Å²) in [6.45, 7) is 8.84. The van der Waals surface area contributed by atoms with Crippen LogP contribution in [-0.4, -0.2) is 63.0 Å². The van der Waals surface area contributed by atoms with Gasteiger partial charge in [0.15, 0.2) is 0 Å². The topological polar surface area (TPSA) is 60.0 Å². The third-order valence-electron chi connectivity index (χ3n) is 4.16. The summed E-state index contributed by atoms with van der Waals surface area (Å²) in [7, 11) is 1.52. The van der Waals surface area contributed by atoms with Crippen LogP contribution in [0.2, 0.25) is 0 Å². The quantitative estimate of drug-likeness (QED) is 0.737. The predicted octanol–water partition coefficient (Wildman–Crippen LogP) is 2.15. The molecule has 134 valence electrons. The van der Waals surface area contributed by atoms with Gasteiger partial charge in [0, 0.05) is 32.4 Å². The molecule has 1 amide bonds. The minimum Gasteiger partial charge on any atom is -0.494 e. The SMILES string of the molecule is COC(C)(C)C(=O)Nc1ccc(OCCCN2CCOCC2)cc1. The van der Waals surface area contributed by atoms with Crippen LogP contribution in [0, 0.1) is 0 Å². The minimum atomic E-state index is -0.853. The Morgan fingerprint density at radius 3 is 2.54 bits per heavy atom. The van der Waals surface area contributed by atoms with Gasteiger partial charge in [-0.3, -0.25) is 9.69 Å². The molecular weight excluding hydrogens is 308 g/mol. The molecule has 1 aromatic rings. The van der Waals surface area contributed by atoms with Crippen LogP contribution in [0.25, 0.3) is 0 Å². The van der Waals surface area contributed by atoms with E-state index < -0.39 is 5.60 Å². The lowest BCUT2D eigenvalue weighted by Crippen LogP contribution is -2.38. The lowest BCUT2D eigenvalue weighted by molar-refractivity contribution is -0.133. The largest absolute Gasteiger partial charge is 0.494 e. The van der Waals surface area contributed by atoms with E-state index in [0.29, 0.717) is 6.61 Å². The van der Waals surface area contributed by atoms with Crippen molar-refractivity contribution in [2.24, 2.45) is 0 Å². The number of ether oxygens (including phenoxy) is 3. The molecule has 0 aliphatic carbocycles. The van der Waals surface area contributed by atoms with Crippen LogP contribution in [0.15, 0.2) is 24.3 Å². The number of hydrogen-bond acceptors (Lipinski definition) is 5. The van der Waals surface area contributed by atoms with Gasteiger partial charge in [0.05, 0.1) is 19.8 Å². The second-order valence-electron chi connectivity index (χ2n) is 6.35. The highest BCUT2D eigenvalue weighted by atomic mass is 16.5. The molecule has 0 saturated carbocycles. The van der Waals surface area contributed by atoms with Crippen molar-refractivity contribution in [3.8, 4) is 5.75 Å². The molecule has 1 fully saturated rings. The molecule has 0 unspecified atom stereocenters. The standard InChI is InChI=1S/C18H28N2O4/c1-18(2,22-3)17(21)19-15-5-7-16(8-6-15)24-12-4-9-20-10-13-23-14-11-20/h5-8H,4,9-14H2,1-3H3,(H,19,21). The number of carbonyl (C=O) groups is 1. The summed E-state index contributed by atoms with van der Waals surface area (Å²) in [4.78, 5) is 14.4. The van der Waals surface area contributed by atoms with Gasteiger partial charge >= 0.3 is 0 Å². The van der Waals surface area contributed by atoms with E-state index in [-0.39, 0.29) is 5.91 Å². The Morgan fingerprint density at radius 2 is 1.92 bits per heavy atom. The van der Waals surface area contributed by atoms with Crippen LogP contribution >= 0.6 is 0 Å². The van der Waals surface area contributed by atoms with E-state index in [9.17, 15) is 4.79 Å². The fourth-order valence-electron chi connectivity index (χ4n) is 2.31. The Morgan fingerprint density at radius 1 is 1.25 bits per heavy atom. The number of carbonyl (C=O) groups excluding carboxylic acids is 1. The molecule has 0 aromatic heterocycles. The van der Waals surface area contributed by atoms with E-state index in [1.807, 2.05) is 24.3 Å². The van der Waals surface area contributed by atoms with Crippen molar-refractivity contribution in [1.82, 2.24) is 4.90 Å². The Balaban J connectivity index is 1.70. The number of rotatable bonds is 8. The number of benzene rings is 1. The van der Waals surface area contributed by atoms with Crippen molar-refractivity contribution >= 4 is 11.6 Å². The van der Waals surface area contributed by atoms with E-state index in [1.54, 1.807) is 13.8 Å². The average molecular weight is 336 g/mol. The maximum absolute atomic E-state index is 12.0. The molecule has 0 spiro atoms. The summed E-state index contributed by atoms with van der Waals surface area (Å²) < 4.78 is 16.2. The summed E-state index contributed by atoms with van der Waals surface area (Å²) in [6, 6.07) is 7.40. The lowest BCUT2D eigenvalue weighted by atomic mass is 10.1. The Labute approximate surface area is 144 Å². The Kier molecular flexibility index (Phi) is 7.02. The molecule has 1 aliphatic rings. The maximum Gasteiger partial charge on any atom is 0.256 e. The first-order valence-corrected chi connectivity index (χ1v) is 8.41. The molecule has 1 heterocycles. The van der Waals surface area contributed by atoms with Crippen LogP contribution in [0.4, 0.5) is 5.69 Å². The molecule has 1 N–H and O–H groups in total. The molecule has 1 aromatic carbocycles. The highest BCUT2D eigenvalue weighted by Gasteiger charge is 2.26. The molecule has 1 saturated heterocycles. The van der Waals surface area contributed by atoms with Gasteiger partial charge in [0.2, 0.25) is 0 Å². The van der Waals surface area contributed by atoms with E-state index in [4.69, 9.17) is 14.2 Å². The smallest absolute Gasteiger partial charge is 0.256 e. The van der Waals surface area contributed by atoms with Gasteiger partial charge in [-0.05, 0) is 44.5 Å². The van der Waals surface area contributed by atoms with Gasteiger partial charge in [-0.15, -0.1) is 0 Å². The number of amides is 1. The van der Waals surface area contributed by atoms with Crippen LogP contribution in [0.3, 0.4) is 0 Å². The van der Waals surface area contributed by atoms with E-state index >= 15 is 0 Å². The Hall–Kier alpha value is -1.63. The zero-order chi connectivity index (χ0) is 17.4. The third kappa shape index (κ3) is 5.78. The molecule has 1 aliphatic heterocycles. The zero-order valence-electron chi connectivity index (χ0n) is 14.8. The second-order valence-corrected chi connectivity index (χ2v) is 6.35. The summed E-state index contributed by atoms with van der Waals surface area (Å²) in [6.07, 6.45) is 0.987. The summed E-state index contributed by atoms with van der Waals surface area (Å²) >= 11 is 0. The van der Waals surface area contributed by atoms with Crippen LogP contribution in [0.1, 0.15) is 20.3 Å². The molecule has 24 heavy (non-hydrogen) atoms. The fraction of sp³-hybridized carbons (Fsp3) is 0.611. The first kappa shape index (κ1) is 18.7. The van der Waals surface area contributed by atoms with Gasteiger partial charge in [0.1, 0.15) is 11.4 Å². The first-order chi connectivity index (χ1) is 11.5. The van der Waals surface area contributed by atoms with Gasteiger partial charge < -0.3 is 19.5 Å². The minimum absolute atomic E-state index is 0.177. The molecular formula is C18H28N2O4. The highest BCUT2D eigenvalue weighted by molar-refractivity contribution is 5.96. The van der Waals surface area contributed by atoms with Crippen LogP contribution < -0.4 is 10.1 Å². The summed E-state index contributed by atoms with van der Waals surface area (Å²) in [5, 5.41) is 2.83. The van der Waals surface area contributed by atoms with E-state index in [2.05, 4.69) is 10.2 Å². The fourth-order valence-corrected chi connectivity index (χ4v) is 2.31. The van der Waals surface area contributed by atoms with Crippen LogP contribution in [-0.2, 0) is 14.3 Å². The summed E-state index contributed by atoms with van der Waals surface area (Å²) in [5.74, 6) is 0.630. The monoisotopic (exact) mass is 336 g/mol. The van der Waals surface area contributed by atoms with Crippen molar-refractivity contribution in [2.45, 2.75) is 25.9 Å². The van der Waals surface area contributed by atoms with Crippen molar-refractivity contribution in [3.63, 3.8) is 0 Å². The van der Waals surface area contributed by atoms with Crippen molar-refractivity contribution in [2.75, 3.05) is 51.9 Å². The summed E-state index contributed by atoms with van der Waals surface area (Å²) in [5.41, 5.74) is -0.125. The van der Waals surface area contributed by atoms with Gasteiger partial charge in [-0.25, -0.2) is 0 Å². The third-order valence-corrected chi connectivity index (χ3v) is 4.16. The lowest BCUT2D eigenvalue weighted by Gasteiger charge is -2.26. The Bertz CT molecular complexity index is 510. The van der Waals surface area contributed by atoms with Crippen molar-refractivity contribution < 1.29 is 19.0 Å².